The highest BCUT2D eigenvalue weighted by molar-refractivity contribution is 5.61. The summed E-state index contributed by atoms with van der Waals surface area (Å²) in [6.45, 7) is 1.95. The molecule has 1 aromatic carbocycles. The number of nitrogens with zero attached hydrogens (tertiary/aromatic N) is 2. The molecule has 7 heteroatoms. The van der Waals surface area contributed by atoms with Gasteiger partial charge in [0.15, 0.2) is 0 Å². The molecule has 122 valence electrons. The van der Waals surface area contributed by atoms with Gasteiger partial charge in [0.2, 0.25) is 0 Å². The SMILES string of the molecule is CCC(C=N)N/C=C/c1cnn(-c2ccccc2C(F)(F)F)c1. The van der Waals surface area contributed by atoms with Gasteiger partial charge in [-0.2, -0.15) is 18.3 Å². The van der Waals surface area contributed by atoms with Crippen LogP contribution < -0.4 is 5.32 Å². The first-order valence-electron chi connectivity index (χ1n) is 7.10. The second kappa shape index (κ2) is 7.13. The molecule has 0 spiro atoms. The fourth-order valence-electron chi connectivity index (χ4n) is 2.02. The largest absolute Gasteiger partial charge is 0.418 e. The van der Waals surface area contributed by atoms with E-state index in [0.717, 1.165) is 12.5 Å². The van der Waals surface area contributed by atoms with Crippen molar-refractivity contribution in [2.45, 2.75) is 25.6 Å². The molecular formula is C16H17F3N4. The van der Waals surface area contributed by atoms with Crippen LogP contribution in [-0.2, 0) is 6.18 Å². The van der Waals surface area contributed by atoms with E-state index in [4.69, 9.17) is 5.41 Å². The summed E-state index contributed by atoms with van der Waals surface area (Å²) in [5.74, 6) is 0. The Morgan fingerprint density at radius 2 is 2.09 bits per heavy atom. The van der Waals surface area contributed by atoms with Gasteiger partial charge in [0.05, 0.1) is 23.5 Å². The maximum atomic E-state index is 13.0. The molecule has 0 amide bonds. The van der Waals surface area contributed by atoms with E-state index in [1.807, 2.05) is 6.92 Å². The molecule has 2 N–H and O–H groups in total. The zero-order chi connectivity index (χ0) is 16.9. The molecule has 2 aromatic rings. The molecule has 0 fully saturated rings. The number of rotatable bonds is 6. The number of nitrogens with one attached hydrogen (secondary N) is 2. The third-order valence-electron chi connectivity index (χ3n) is 3.29. The molecule has 2 rings (SSSR count). The zero-order valence-electron chi connectivity index (χ0n) is 12.5. The standard InChI is InChI=1S/C16H17F3N4/c1-2-13(9-20)21-8-7-12-10-22-23(11-12)15-6-4-3-5-14(15)16(17,18)19/h3-11,13,20-21H,2H2,1H3/b8-7+,20-9?. The summed E-state index contributed by atoms with van der Waals surface area (Å²) in [4.78, 5) is 0. The number of hydrogen-bond acceptors (Lipinski definition) is 3. The normalized spacial score (nSPS) is 13.2. The summed E-state index contributed by atoms with van der Waals surface area (Å²) in [6.07, 6.45) is 4.00. The van der Waals surface area contributed by atoms with Crippen LogP contribution >= 0.6 is 0 Å². The first kappa shape index (κ1) is 16.8. The monoisotopic (exact) mass is 322 g/mol. The van der Waals surface area contributed by atoms with Crippen LogP contribution in [0, 0.1) is 5.41 Å². The highest BCUT2D eigenvalue weighted by Crippen LogP contribution is 2.33. The second-order valence-corrected chi connectivity index (χ2v) is 4.91. The average molecular weight is 322 g/mol. The molecular weight excluding hydrogens is 305 g/mol. The van der Waals surface area contributed by atoms with E-state index in [2.05, 4.69) is 10.4 Å². The smallest absolute Gasteiger partial charge is 0.383 e. The molecule has 0 aliphatic rings. The van der Waals surface area contributed by atoms with Crippen molar-refractivity contribution < 1.29 is 13.2 Å². The van der Waals surface area contributed by atoms with Gasteiger partial charge < -0.3 is 10.7 Å². The second-order valence-electron chi connectivity index (χ2n) is 4.91. The van der Waals surface area contributed by atoms with Gasteiger partial charge in [0, 0.05) is 18.0 Å². The number of halogens is 3. The Labute approximate surface area is 132 Å². The van der Waals surface area contributed by atoms with E-state index in [1.165, 1.54) is 35.4 Å². The summed E-state index contributed by atoms with van der Waals surface area (Å²) in [7, 11) is 0. The molecule has 4 nitrogen and oxygen atoms in total. The molecule has 0 bridgehead atoms. The Bertz CT molecular complexity index is 689. The molecule has 0 saturated heterocycles. The van der Waals surface area contributed by atoms with Gasteiger partial charge in [-0.15, -0.1) is 0 Å². The summed E-state index contributed by atoms with van der Waals surface area (Å²) in [5, 5.41) is 14.2. The van der Waals surface area contributed by atoms with E-state index < -0.39 is 11.7 Å². The molecule has 0 aliphatic heterocycles. The number of benzene rings is 1. The van der Waals surface area contributed by atoms with Crippen LogP contribution in [0.15, 0.2) is 42.9 Å². The Balaban J connectivity index is 2.20. The Morgan fingerprint density at radius 3 is 2.74 bits per heavy atom. The van der Waals surface area contributed by atoms with Crippen molar-refractivity contribution in [1.82, 2.24) is 15.1 Å². The van der Waals surface area contributed by atoms with E-state index >= 15 is 0 Å². The lowest BCUT2D eigenvalue weighted by Gasteiger charge is -2.12. The topological polar surface area (TPSA) is 53.7 Å². The Hall–Kier alpha value is -2.57. The molecule has 0 radical (unpaired) electrons. The summed E-state index contributed by atoms with van der Waals surface area (Å²) >= 11 is 0. The van der Waals surface area contributed by atoms with Crippen LogP contribution in [0.25, 0.3) is 11.8 Å². The van der Waals surface area contributed by atoms with Crippen molar-refractivity contribution in [3.63, 3.8) is 0 Å². The zero-order valence-corrected chi connectivity index (χ0v) is 12.5. The van der Waals surface area contributed by atoms with Crippen LogP contribution in [0.3, 0.4) is 0 Å². The summed E-state index contributed by atoms with van der Waals surface area (Å²) in [6, 6.07) is 5.24. The number of hydrogen-bond donors (Lipinski definition) is 2. The number of aromatic nitrogens is 2. The third-order valence-corrected chi connectivity index (χ3v) is 3.29. The quantitative estimate of drug-likeness (QED) is 0.793. The predicted octanol–water partition coefficient (Wildman–Crippen LogP) is 3.88. The first-order valence-corrected chi connectivity index (χ1v) is 7.10. The molecule has 0 saturated carbocycles. The highest BCUT2D eigenvalue weighted by Gasteiger charge is 2.33. The minimum atomic E-state index is -4.43. The van der Waals surface area contributed by atoms with E-state index in [1.54, 1.807) is 18.3 Å². The lowest BCUT2D eigenvalue weighted by atomic mass is 10.1. The molecule has 23 heavy (non-hydrogen) atoms. The maximum Gasteiger partial charge on any atom is 0.418 e. The van der Waals surface area contributed by atoms with Crippen LogP contribution in [0.2, 0.25) is 0 Å². The molecule has 1 atom stereocenters. The Morgan fingerprint density at radius 1 is 1.35 bits per heavy atom. The van der Waals surface area contributed by atoms with Crippen molar-refractivity contribution in [2.24, 2.45) is 0 Å². The fraction of sp³-hybridized carbons (Fsp3) is 0.250. The average Bonchev–Trinajstić information content (AvgIpc) is 2.99. The molecule has 1 heterocycles. The van der Waals surface area contributed by atoms with Crippen LogP contribution in [0.5, 0.6) is 0 Å². The lowest BCUT2D eigenvalue weighted by Crippen LogP contribution is -2.23. The van der Waals surface area contributed by atoms with Crippen molar-refractivity contribution >= 4 is 12.3 Å². The molecule has 1 aromatic heterocycles. The van der Waals surface area contributed by atoms with Gasteiger partial charge in [-0.1, -0.05) is 19.1 Å². The fourth-order valence-corrected chi connectivity index (χ4v) is 2.02. The van der Waals surface area contributed by atoms with Gasteiger partial charge >= 0.3 is 6.18 Å². The Kier molecular flexibility index (Phi) is 5.20. The van der Waals surface area contributed by atoms with E-state index in [-0.39, 0.29) is 11.7 Å². The van der Waals surface area contributed by atoms with Crippen molar-refractivity contribution in [3.8, 4) is 5.69 Å². The minimum absolute atomic E-state index is 0.0152. The van der Waals surface area contributed by atoms with Crippen LogP contribution in [0.4, 0.5) is 13.2 Å². The third kappa shape index (κ3) is 4.21. The van der Waals surface area contributed by atoms with Crippen LogP contribution in [-0.4, -0.2) is 22.0 Å². The number of alkyl halides is 3. The first-order chi connectivity index (χ1) is 11.0. The van der Waals surface area contributed by atoms with Crippen LogP contribution in [0.1, 0.15) is 24.5 Å². The predicted molar refractivity (Wildman–Crippen MR) is 83.6 cm³/mol. The molecule has 1 unspecified atom stereocenters. The van der Waals surface area contributed by atoms with Crippen molar-refractivity contribution in [1.29, 1.82) is 5.41 Å². The van der Waals surface area contributed by atoms with Gasteiger partial charge in [0.1, 0.15) is 0 Å². The van der Waals surface area contributed by atoms with E-state index in [0.29, 0.717) is 5.56 Å². The van der Waals surface area contributed by atoms with Crippen molar-refractivity contribution in [2.75, 3.05) is 0 Å². The van der Waals surface area contributed by atoms with Gasteiger partial charge in [-0.3, -0.25) is 0 Å². The maximum absolute atomic E-state index is 13.0. The van der Waals surface area contributed by atoms with E-state index in [9.17, 15) is 13.2 Å². The molecule has 0 aliphatic carbocycles. The lowest BCUT2D eigenvalue weighted by molar-refractivity contribution is -0.137. The number of para-hydroxylation sites is 1. The summed E-state index contributed by atoms with van der Waals surface area (Å²) < 4.78 is 40.3. The minimum Gasteiger partial charge on any atom is -0.383 e. The van der Waals surface area contributed by atoms with Gasteiger partial charge in [0.25, 0.3) is 0 Å². The highest BCUT2D eigenvalue weighted by atomic mass is 19.4. The van der Waals surface area contributed by atoms with Gasteiger partial charge in [-0.25, -0.2) is 4.68 Å². The van der Waals surface area contributed by atoms with Gasteiger partial charge in [-0.05, 0) is 30.8 Å². The van der Waals surface area contributed by atoms with Crippen molar-refractivity contribution in [3.05, 3.63) is 54.0 Å². The summed E-state index contributed by atoms with van der Waals surface area (Å²) in [5.41, 5.74) is -0.0838.